The molecular weight excluding hydrogens is 264 g/mol. The SMILES string of the molecule is N#Cc1ccc(Cl)c(NCc2ccc(O)cc2O)c1. The van der Waals surface area contributed by atoms with Crippen molar-refractivity contribution in [2.45, 2.75) is 6.54 Å². The lowest BCUT2D eigenvalue weighted by molar-refractivity contribution is 0.446. The molecule has 0 aliphatic carbocycles. The second-order valence-corrected chi connectivity index (χ2v) is 4.38. The number of nitrogens with one attached hydrogen (secondary N) is 1. The van der Waals surface area contributed by atoms with E-state index in [-0.39, 0.29) is 11.5 Å². The first-order chi connectivity index (χ1) is 9.10. The van der Waals surface area contributed by atoms with Crippen LogP contribution in [0.15, 0.2) is 36.4 Å². The molecule has 2 rings (SSSR count). The quantitative estimate of drug-likeness (QED) is 0.803. The normalized spacial score (nSPS) is 9.89. The van der Waals surface area contributed by atoms with Crippen LogP contribution in [0.2, 0.25) is 5.02 Å². The summed E-state index contributed by atoms with van der Waals surface area (Å²) in [6, 6.07) is 11.3. The number of halogens is 1. The second-order valence-electron chi connectivity index (χ2n) is 3.97. The largest absolute Gasteiger partial charge is 0.508 e. The van der Waals surface area contributed by atoms with E-state index in [0.29, 0.717) is 28.4 Å². The van der Waals surface area contributed by atoms with Gasteiger partial charge in [-0.1, -0.05) is 11.6 Å². The van der Waals surface area contributed by atoms with Gasteiger partial charge in [-0.3, -0.25) is 0 Å². The van der Waals surface area contributed by atoms with E-state index < -0.39 is 0 Å². The topological polar surface area (TPSA) is 76.3 Å². The Balaban J connectivity index is 2.16. The molecule has 3 N–H and O–H groups in total. The predicted molar refractivity (Wildman–Crippen MR) is 73.3 cm³/mol. The number of anilines is 1. The molecule has 2 aromatic rings. The van der Waals surface area contributed by atoms with Crippen LogP contribution in [0.5, 0.6) is 11.5 Å². The maximum absolute atomic E-state index is 9.65. The van der Waals surface area contributed by atoms with E-state index >= 15 is 0 Å². The first-order valence-electron chi connectivity index (χ1n) is 5.54. The maximum atomic E-state index is 9.65. The van der Waals surface area contributed by atoms with Gasteiger partial charge >= 0.3 is 0 Å². The Bertz CT molecular complexity index is 650. The average molecular weight is 275 g/mol. The summed E-state index contributed by atoms with van der Waals surface area (Å²) in [5.41, 5.74) is 1.74. The van der Waals surface area contributed by atoms with Gasteiger partial charge in [0.25, 0.3) is 0 Å². The van der Waals surface area contributed by atoms with Crippen LogP contribution in [0.1, 0.15) is 11.1 Å². The van der Waals surface area contributed by atoms with E-state index in [1.165, 1.54) is 12.1 Å². The van der Waals surface area contributed by atoms with Crippen LogP contribution in [-0.2, 0) is 6.54 Å². The highest BCUT2D eigenvalue weighted by molar-refractivity contribution is 6.33. The van der Waals surface area contributed by atoms with E-state index in [0.717, 1.165) is 0 Å². The molecule has 0 atom stereocenters. The molecule has 0 spiro atoms. The predicted octanol–water partition coefficient (Wildman–Crippen LogP) is 3.23. The molecule has 0 heterocycles. The molecule has 0 fully saturated rings. The molecular formula is C14H11ClN2O2. The summed E-state index contributed by atoms with van der Waals surface area (Å²) < 4.78 is 0. The number of phenolic OH excluding ortho intramolecular Hbond substituents is 2. The molecule has 0 radical (unpaired) electrons. The molecule has 0 aromatic heterocycles. The Hall–Kier alpha value is -2.38. The Kier molecular flexibility index (Phi) is 3.79. The Morgan fingerprint density at radius 2 is 1.95 bits per heavy atom. The van der Waals surface area contributed by atoms with Gasteiger partial charge in [0.1, 0.15) is 11.5 Å². The minimum atomic E-state index is 0.0000558. The highest BCUT2D eigenvalue weighted by atomic mass is 35.5. The number of aromatic hydroxyl groups is 2. The third kappa shape index (κ3) is 3.09. The summed E-state index contributed by atoms with van der Waals surface area (Å²) in [4.78, 5) is 0. The van der Waals surface area contributed by atoms with Gasteiger partial charge in [-0.15, -0.1) is 0 Å². The van der Waals surface area contributed by atoms with Crippen LogP contribution in [0.3, 0.4) is 0 Å². The fraction of sp³-hybridized carbons (Fsp3) is 0.0714. The van der Waals surface area contributed by atoms with Crippen molar-refractivity contribution in [3.05, 3.63) is 52.5 Å². The van der Waals surface area contributed by atoms with E-state index in [1.54, 1.807) is 24.3 Å². The summed E-state index contributed by atoms with van der Waals surface area (Å²) in [7, 11) is 0. The number of nitriles is 1. The fourth-order valence-corrected chi connectivity index (χ4v) is 1.81. The molecule has 96 valence electrons. The zero-order chi connectivity index (χ0) is 13.8. The van der Waals surface area contributed by atoms with Crippen LogP contribution in [0.4, 0.5) is 5.69 Å². The average Bonchev–Trinajstić information content (AvgIpc) is 2.39. The molecule has 0 aliphatic rings. The lowest BCUT2D eigenvalue weighted by atomic mass is 10.1. The van der Waals surface area contributed by atoms with Gasteiger partial charge in [0.15, 0.2) is 0 Å². The fourth-order valence-electron chi connectivity index (χ4n) is 1.62. The zero-order valence-corrected chi connectivity index (χ0v) is 10.6. The molecule has 0 saturated carbocycles. The molecule has 0 saturated heterocycles. The number of phenols is 2. The number of hydrogen-bond acceptors (Lipinski definition) is 4. The summed E-state index contributed by atoms with van der Waals surface area (Å²) in [6.45, 7) is 0.334. The summed E-state index contributed by atoms with van der Waals surface area (Å²) >= 11 is 6.01. The van der Waals surface area contributed by atoms with Gasteiger partial charge in [-0.25, -0.2) is 0 Å². The van der Waals surface area contributed by atoms with Gasteiger partial charge < -0.3 is 15.5 Å². The van der Waals surface area contributed by atoms with E-state index in [9.17, 15) is 10.2 Å². The van der Waals surface area contributed by atoms with Crippen molar-refractivity contribution in [2.75, 3.05) is 5.32 Å². The number of benzene rings is 2. The molecule has 19 heavy (non-hydrogen) atoms. The van der Waals surface area contributed by atoms with Gasteiger partial charge in [0, 0.05) is 18.2 Å². The van der Waals surface area contributed by atoms with Crippen molar-refractivity contribution in [1.82, 2.24) is 0 Å². The Morgan fingerprint density at radius 1 is 1.16 bits per heavy atom. The van der Waals surface area contributed by atoms with Crippen molar-refractivity contribution < 1.29 is 10.2 Å². The molecule has 0 aliphatic heterocycles. The van der Waals surface area contributed by atoms with Crippen molar-refractivity contribution in [1.29, 1.82) is 5.26 Å². The van der Waals surface area contributed by atoms with Gasteiger partial charge in [-0.2, -0.15) is 5.26 Å². The zero-order valence-electron chi connectivity index (χ0n) is 9.89. The third-order valence-corrected chi connectivity index (χ3v) is 2.96. The minimum Gasteiger partial charge on any atom is -0.508 e. The van der Waals surface area contributed by atoms with E-state index in [1.807, 2.05) is 6.07 Å². The minimum absolute atomic E-state index is 0.0000558. The lowest BCUT2D eigenvalue weighted by Gasteiger charge is -2.10. The Labute approximate surface area is 115 Å². The summed E-state index contributed by atoms with van der Waals surface area (Å²) in [6.07, 6.45) is 0. The van der Waals surface area contributed by atoms with Crippen molar-refractivity contribution in [2.24, 2.45) is 0 Å². The second kappa shape index (κ2) is 5.51. The monoisotopic (exact) mass is 274 g/mol. The van der Waals surface area contributed by atoms with Gasteiger partial charge in [0.05, 0.1) is 22.3 Å². The Morgan fingerprint density at radius 3 is 2.63 bits per heavy atom. The van der Waals surface area contributed by atoms with Crippen LogP contribution < -0.4 is 5.32 Å². The molecule has 0 bridgehead atoms. The van der Waals surface area contributed by atoms with Crippen molar-refractivity contribution >= 4 is 17.3 Å². The maximum Gasteiger partial charge on any atom is 0.124 e. The smallest absolute Gasteiger partial charge is 0.124 e. The molecule has 0 unspecified atom stereocenters. The highest BCUT2D eigenvalue weighted by Crippen LogP contribution is 2.26. The van der Waals surface area contributed by atoms with Crippen LogP contribution >= 0.6 is 11.6 Å². The first kappa shape index (κ1) is 13.1. The highest BCUT2D eigenvalue weighted by Gasteiger charge is 2.05. The summed E-state index contributed by atoms with van der Waals surface area (Å²) in [5, 5.41) is 31.2. The van der Waals surface area contributed by atoms with Crippen LogP contribution in [0.25, 0.3) is 0 Å². The van der Waals surface area contributed by atoms with Gasteiger partial charge in [0.2, 0.25) is 0 Å². The van der Waals surface area contributed by atoms with Crippen molar-refractivity contribution in [3.63, 3.8) is 0 Å². The first-order valence-corrected chi connectivity index (χ1v) is 5.92. The van der Waals surface area contributed by atoms with Crippen LogP contribution in [0, 0.1) is 11.3 Å². The van der Waals surface area contributed by atoms with Crippen LogP contribution in [-0.4, -0.2) is 10.2 Å². The van der Waals surface area contributed by atoms with E-state index in [4.69, 9.17) is 16.9 Å². The molecule has 4 nitrogen and oxygen atoms in total. The number of nitrogens with zero attached hydrogens (tertiary/aromatic N) is 1. The number of rotatable bonds is 3. The summed E-state index contributed by atoms with van der Waals surface area (Å²) in [5.74, 6) is 0.00539. The number of hydrogen-bond donors (Lipinski definition) is 3. The lowest BCUT2D eigenvalue weighted by Crippen LogP contribution is -2.00. The molecule has 0 amide bonds. The standard InChI is InChI=1S/C14H11ClN2O2/c15-12-4-1-9(7-16)5-13(12)17-8-10-2-3-11(18)6-14(10)19/h1-6,17-19H,8H2. The van der Waals surface area contributed by atoms with E-state index in [2.05, 4.69) is 5.32 Å². The van der Waals surface area contributed by atoms with Crippen molar-refractivity contribution in [3.8, 4) is 17.6 Å². The molecule has 5 heteroatoms. The van der Waals surface area contributed by atoms with Gasteiger partial charge in [-0.05, 0) is 30.3 Å². The third-order valence-electron chi connectivity index (χ3n) is 2.63. The molecule has 2 aromatic carbocycles.